The van der Waals surface area contributed by atoms with E-state index in [-0.39, 0.29) is 11.8 Å². The summed E-state index contributed by atoms with van der Waals surface area (Å²) in [6.07, 6.45) is 0.866. The van der Waals surface area contributed by atoms with E-state index in [1.54, 1.807) is 0 Å². The first-order valence-electron chi connectivity index (χ1n) is 11.4. The molecule has 0 N–H and O–H groups in total. The molecular formula is C27H31N3O2. The van der Waals surface area contributed by atoms with E-state index in [0.717, 1.165) is 47.1 Å². The van der Waals surface area contributed by atoms with Gasteiger partial charge in [0.15, 0.2) is 0 Å². The second-order valence-corrected chi connectivity index (χ2v) is 8.43. The van der Waals surface area contributed by atoms with Crippen molar-refractivity contribution in [2.24, 2.45) is 0 Å². The van der Waals surface area contributed by atoms with Crippen LogP contribution in [0, 0.1) is 6.92 Å². The van der Waals surface area contributed by atoms with Crippen molar-refractivity contribution in [1.29, 1.82) is 0 Å². The molecule has 5 heteroatoms. The van der Waals surface area contributed by atoms with Crippen LogP contribution in [0.4, 0.5) is 5.69 Å². The summed E-state index contributed by atoms with van der Waals surface area (Å²) in [5.74, 6) is 0.176. The summed E-state index contributed by atoms with van der Waals surface area (Å²) < 4.78 is 0. The van der Waals surface area contributed by atoms with Crippen molar-refractivity contribution in [3.05, 3.63) is 77.9 Å². The van der Waals surface area contributed by atoms with Crippen molar-refractivity contribution in [2.75, 3.05) is 44.2 Å². The van der Waals surface area contributed by atoms with Gasteiger partial charge in [-0.1, -0.05) is 54.1 Å². The quantitative estimate of drug-likeness (QED) is 0.606. The molecule has 3 aromatic rings. The third-order valence-corrected chi connectivity index (χ3v) is 6.17. The minimum absolute atomic E-state index is 0.0767. The van der Waals surface area contributed by atoms with Crippen molar-refractivity contribution >= 4 is 28.3 Å². The molecule has 0 atom stereocenters. The minimum Gasteiger partial charge on any atom is -0.337 e. The summed E-state index contributed by atoms with van der Waals surface area (Å²) >= 11 is 0. The number of carbonyl (C=O) groups is 2. The smallest absolute Gasteiger partial charge is 0.253 e. The van der Waals surface area contributed by atoms with Gasteiger partial charge in [-0.25, -0.2) is 0 Å². The number of hydrogen-bond acceptors (Lipinski definition) is 3. The number of benzene rings is 3. The minimum atomic E-state index is 0.0767. The number of likely N-dealkylation sites (N-methyl/N-ethyl adjacent to an activating group) is 1. The molecule has 0 aliphatic carbocycles. The molecule has 3 aromatic carbocycles. The van der Waals surface area contributed by atoms with Crippen LogP contribution in [0.2, 0.25) is 0 Å². The summed E-state index contributed by atoms with van der Waals surface area (Å²) in [5, 5.41) is 2.23. The maximum atomic E-state index is 13.3. The molecule has 1 aliphatic heterocycles. The number of aryl methyl sites for hydroxylation is 1. The number of amides is 2. The Morgan fingerprint density at radius 3 is 2.50 bits per heavy atom. The van der Waals surface area contributed by atoms with Crippen LogP contribution >= 0.6 is 0 Å². The first-order valence-corrected chi connectivity index (χ1v) is 11.4. The Kier molecular flexibility index (Phi) is 6.86. The van der Waals surface area contributed by atoms with Gasteiger partial charge in [0.1, 0.15) is 0 Å². The predicted molar refractivity (Wildman–Crippen MR) is 130 cm³/mol. The molecule has 0 bridgehead atoms. The van der Waals surface area contributed by atoms with Gasteiger partial charge in [-0.2, -0.15) is 0 Å². The van der Waals surface area contributed by atoms with E-state index in [9.17, 15) is 9.59 Å². The Hall–Kier alpha value is -3.18. The van der Waals surface area contributed by atoms with Crippen LogP contribution in [-0.4, -0.2) is 60.9 Å². The molecule has 0 saturated carbocycles. The van der Waals surface area contributed by atoms with Gasteiger partial charge in [0.25, 0.3) is 5.91 Å². The van der Waals surface area contributed by atoms with Gasteiger partial charge in [-0.15, -0.1) is 0 Å². The third-order valence-electron chi connectivity index (χ3n) is 6.17. The number of carbonyl (C=O) groups excluding carboxylic acids is 2. The number of hydrogen-bond donors (Lipinski definition) is 0. The highest BCUT2D eigenvalue weighted by molar-refractivity contribution is 6.04. The van der Waals surface area contributed by atoms with E-state index in [4.69, 9.17) is 0 Å². The SMILES string of the molecule is CCN(C(=O)CN1CCCN(C(=O)c2cccc(C)c2)CC1)c1cccc2ccccc12. The summed E-state index contributed by atoms with van der Waals surface area (Å²) in [7, 11) is 0. The summed E-state index contributed by atoms with van der Waals surface area (Å²) in [4.78, 5) is 32.2. The van der Waals surface area contributed by atoms with E-state index < -0.39 is 0 Å². The molecule has 0 radical (unpaired) electrons. The van der Waals surface area contributed by atoms with Crippen LogP contribution in [0.25, 0.3) is 10.8 Å². The number of nitrogens with zero attached hydrogens (tertiary/aromatic N) is 3. The number of fused-ring (bicyclic) bond motifs is 1. The Labute approximate surface area is 190 Å². The van der Waals surface area contributed by atoms with Crippen molar-refractivity contribution in [3.8, 4) is 0 Å². The molecule has 166 valence electrons. The van der Waals surface area contributed by atoms with Crippen LogP contribution in [0.3, 0.4) is 0 Å². The van der Waals surface area contributed by atoms with Gasteiger partial charge in [0, 0.05) is 43.7 Å². The molecule has 1 heterocycles. The van der Waals surface area contributed by atoms with E-state index in [2.05, 4.69) is 23.1 Å². The van der Waals surface area contributed by atoms with Crippen molar-refractivity contribution in [3.63, 3.8) is 0 Å². The fourth-order valence-electron chi connectivity index (χ4n) is 4.49. The van der Waals surface area contributed by atoms with Crippen molar-refractivity contribution in [1.82, 2.24) is 9.80 Å². The van der Waals surface area contributed by atoms with E-state index in [0.29, 0.717) is 26.2 Å². The second-order valence-electron chi connectivity index (χ2n) is 8.43. The third kappa shape index (κ3) is 4.83. The summed E-state index contributed by atoms with van der Waals surface area (Å²) in [6, 6.07) is 22.0. The van der Waals surface area contributed by atoms with Crippen LogP contribution in [0.15, 0.2) is 66.7 Å². The average molecular weight is 430 g/mol. The standard InChI is InChI=1S/C27H31N3O2/c1-3-30(25-14-7-11-22-10-4-5-13-24(22)25)26(31)20-28-15-8-16-29(18-17-28)27(32)23-12-6-9-21(2)19-23/h4-7,9-14,19H,3,8,15-18,20H2,1-2H3. The average Bonchev–Trinajstić information content (AvgIpc) is 3.05. The second kappa shape index (κ2) is 9.96. The molecule has 0 spiro atoms. The Balaban J connectivity index is 1.42. The fourth-order valence-corrected chi connectivity index (χ4v) is 4.49. The van der Waals surface area contributed by atoms with Gasteiger partial charge < -0.3 is 9.80 Å². The van der Waals surface area contributed by atoms with E-state index in [1.807, 2.05) is 72.2 Å². The highest BCUT2D eigenvalue weighted by Gasteiger charge is 2.24. The molecule has 0 aromatic heterocycles. The van der Waals surface area contributed by atoms with E-state index in [1.165, 1.54) is 0 Å². The van der Waals surface area contributed by atoms with Crippen molar-refractivity contribution in [2.45, 2.75) is 20.3 Å². The van der Waals surface area contributed by atoms with Crippen molar-refractivity contribution < 1.29 is 9.59 Å². The Morgan fingerprint density at radius 1 is 0.906 bits per heavy atom. The lowest BCUT2D eigenvalue weighted by Gasteiger charge is -2.27. The van der Waals surface area contributed by atoms with Crippen LogP contribution < -0.4 is 4.90 Å². The Bertz CT molecular complexity index is 1110. The molecule has 1 fully saturated rings. The topological polar surface area (TPSA) is 43.9 Å². The molecule has 2 amide bonds. The van der Waals surface area contributed by atoms with Crippen LogP contribution in [0.5, 0.6) is 0 Å². The molecule has 1 saturated heterocycles. The fraction of sp³-hybridized carbons (Fsp3) is 0.333. The van der Waals surface area contributed by atoms with Gasteiger partial charge >= 0.3 is 0 Å². The molecule has 32 heavy (non-hydrogen) atoms. The van der Waals surface area contributed by atoms with E-state index >= 15 is 0 Å². The van der Waals surface area contributed by atoms with Gasteiger partial charge in [-0.05, 0) is 43.9 Å². The molecule has 4 rings (SSSR count). The Morgan fingerprint density at radius 2 is 1.69 bits per heavy atom. The lowest BCUT2D eigenvalue weighted by atomic mass is 10.1. The summed E-state index contributed by atoms with van der Waals surface area (Å²) in [6.45, 7) is 7.89. The first-order chi connectivity index (χ1) is 15.6. The monoisotopic (exact) mass is 429 g/mol. The lowest BCUT2D eigenvalue weighted by Crippen LogP contribution is -2.42. The zero-order chi connectivity index (χ0) is 22.5. The molecular weight excluding hydrogens is 398 g/mol. The maximum Gasteiger partial charge on any atom is 0.253 e. The van der Waals surface area contributed by atoms with Gasteiger partial charge in [0.2, 0.25) is 5.91 Å². The highest BCUT2D eigenvalue weighted by atomic mass is 16.2. The van der Waals surface area contributed by atoms with Gasteiger partial charge in [-0.3, -0.25) is 14.5 Å². The van der Waals surface area contributed by atoms with Gasteiger partial charge in [0.05, 0.1) is 12.2 Å². The summed E-state index contributed by atoms with van der Waals surface area (Å²) in [5.41, 5.74) is 2.79. The van der Waals surface area contributed by atoms with Crippen LogP contribution in [-0.2, 0) is 4.79 Å². The normalized spacial score (nSPS) is 14.9. The molecule has 0 unspecified atom stereocenters. The largest absolute Gasteiger partial charge is 0.337 e. The van der Waals surface area contributed by atoms with Crippen LogP contribution in [0.1, 0.15) is 29.3 Å². The number of anilines is 1. The maximum absolute atomic E-state index is 13.3. The highest BCUT2D eigenvalue weighted by Crippen LogP contribution is 2.27. The lowest BCUT2D eigenvalue weighted by molar-refractivity contribution is -0.119. The zero-order valence-electron chi connectivity index (χ0n) is 19.0. The predicted octanol–water partition coefficient (Wildman–Crippen LogP) is 4.35. The molecule has 1 aliphatic rings. The zero-order valence-corrected chi connectivity index (χ0v) is 19.0. The number of rotatable bonds is 5. The first kappa shape index (κ1) is 22.0. The molecule has 5 nitrogen and oxygen atoms in total.